The highest BCUT2D eigenvalue weighted by atomic mass is 32.1. The number of para-hydroxylation sites is 1. The maximum Gasteiger partial charge on any atom is 0.278 e. The molecule has 0 spiro atoms. The van der Waals surface area contributed by atoms with Gasteiger partial charge in [0, 0.05) is 29.0 Å². The summed E-state index contributed by atoms with van der Waals surface area (Å²) >= 11 is 1.56. The van der Waals surface area contributed by atoms with E-state index >= 15 is 0 Å². The molecule has 0 aliphatic carbocycles. The number of benzene rings is 1. The summed E-state index contributed by atoms with van der Waals surface area (Å²) in [6.45, 7) is 4.11. The van der Waals surface area contributed by atoms with E-state index in [9.17, 15) is 4.79 Å². The van der Waals surface area contributed by atoms with Crippen LogP contribution in [0.15, 0.2) is 35.8 Å². The van der Waals surface area contributed by atoms with Crippen LogP contribution in [-0.4, -0.2) is 21.3 Å². The van der Waals surface area contributed by atoms with Gasteiger partial charge in [-0.25, -0.2) is 4.98 Å². The van der Waals surface area contributed by atoms with Crippen LogP contribution in [0, 0.1) is 6.92 Å². The monoisotopic (exact) mass is 297 g/mol. The van der Waals surface area contributed by atoms with Crippen molar-refractivity contribution in [1.82, 2.24) is 9.38 Å². The molecule has 1 atom stereocenters. The Morgan fingerprint density at radius 2 is 2.19 bits per heavy atom. The van der Waals surface area contributed by atoms with Crippen LogP contribution >= 0.6 is 11.3 Å². The molecule has 2 aromatic heterocycles. The van der Waals surface area contributed by atoms with Crippen molar-refractivity contribution in [3.8, 4) is 0 Å². The number of rotatable bonds is 1. The molecule has 1 unspecified atom stereocenters. The van der Waals surface area contributed by atoms with Gasteiger partial charge in [-0.05, 0) is 31.9 Å². The second-order valence-corrected chi connectivity index (χ2v) is 6.35. The van der Waals surface area contributed by atoms with Crippen LogP contribution in [-0.2, 0) is 6.42 Å². The zero-order valence-corrected chi connectivity index (χ0v) is 12.7. The van der Waals surface area contributed by atoms with Crippen molar-refractivity contribution in [2.45, 2.75) is 26.3 Å². The molecule has 21 heavy (non-hydrogen) atoms. The number of amides is 1. The second kappa shape index (κ2) is 4.43. The van der Waals surface area contributed by atoms with Gasteiger partial charge in [0.2, 0.25) is 0 Å². The summed E-state index contributed by atoms with van der Waals surface area (Å²) in [4.78, 5) is 20.1. The molecule has 3 aromatic rings. The Morgan fingerprint density at radius 1 is 1.38 bits per heavy atom. The Labute approximate surface area is 126 Å². The zero-order valence-electron chi connectivity index (χ0n) is 11.9. The van der Waals surface area contributed by atoms with Crippen molar-refractivity contribution in [3.63, 3.8) is 0 Å². The van der Waals surface area contributed by atoms with E-state index in [1.165, 1.54) is 5.56 Å². The number of nitrogens with zero attached hydrogens (tertiary/aromatic N) is 3. The van der Waals surface area contributed by atoms with Gasteiger partial charge in [-0.15, -0.1) is 11.3 Å². The Kier molecular flexibility index (Phi) is 2.65. The van der Waals surface area contributed by atoms with E-state index in [1.54, 1.807) is 11.3 Å². The number of hydrogen-bond acceptors (Lipinski definition) is 3. The third kappa shape index (κ3) is 1.81. The summed E-state index contributed by atoms with van der Waals surface area (Å²) in [6, 6.07) is 8.29. The van der Waals surface area contributed by atoms with E-state index < -0.39 is 0 Å². The Morgan fingerprint density at radius 3 is 3.00 bits per heavy atom. The lowest BCUT2D eigenvalue weighted by Crippen LogP contribution is -2.35. The SMILES string of the molecule is Cc1csc2nc(C(=O)N3c4ccccc4CC3C)cn12. The maximum absolute atomic E-state index is 12.9. The minimum atomic E-state index is -0.0113. The number of hydrogen-bond donors (Lipinski definition) is 0. The van der Waals surface area contributed by atoms with Gasteiger partial charge in [-0.2, -0.15) is 0 Å². The fraction of sp³-hybridized carbons (Fsp3) is 0.250. The first-order chi connectivity index (χ1) is 10.1. The summed E-state index contributed by atoms with van der Waals surface area (Å²) in [6.07, 6.45) is 2.75. The van der Waals surface area contributed by atoms with Crippen molar-refractivity contribution < 1.29 is 4.79 Å². The first-order valence-corrected chi connectivity index (χ1v) is 7.88. The van der Waals surface area contributed by atoms with Crippen LogP contribution in [0.4, 0.5) is 5.69 Å². The van der Waals surface area contributed by atoms with Gasteiger partial charge in [-0.1, -0.05) is 18.2 Å². The molecule has 1 aromatic carbocycles. The number of anilines is 1. The predicted octanol–water partition coefficient (Wildman–Crippen LogP) is 3.30. The number of thiazole rings is 1. The Bertz CT molecular complexity index is 848. The molecular formula is C16H15N3OS. The van der Waals surface area contributed by atoms with Crippen molar-refractivity contribution in [3.05, 3.63) is 52.8 Å². The highest BCUT2D eigenvalue weighted by Crippen LogP contribution is 2.33. The summed E-state index contributed by atoms with van der Waals surface area (Å²) < 4.78 is 1.98. The summed E-state index contributed by atoms with van der Waals surface area (Å²) in [5.74, 6) is -0.0113. The van der Waals surface area contributed by atoms with Crippen molar-refractivity contribution in [2.75, 3.05) is 4.90 Å². The van der Waals surface area contributed by atoms with Crippen LogP contribution in [0.2, 0.25) is 0 Å². The normalized spacial score (nSPS) is 17.4. The minimum Gasteiger partial charge on any atom is -0.304 e. The fourth-order valence-electron chi connectivity index (χ4n) is 3.00. The lowest BCUT2D eigenvalue weighted by atomic mass is 10.1. The lowest BCUT2D eigenvalue weighted by Gasteiger charge is -2.21. The molecule has 106 valence electrons. The molecule has 4 rings (SSSR count). The fourth-order valence-corrected chi connectivity index (χ4v) is 3.85. The van der Waals surface area contributed by atoms with Gasteiger partial charge in [0.15, 0.2) is 4.96 Å². The third-order valence-electron chi connectivity index (χ3n) is 4.03. The molecule has 0 radical (unpaired) electrons. The van der Waals surface area contributed by atoms with Gasteiger partial charge in [0.1, 0.15) is 5.69 Å². The molecular weight excluding hydrogens is 282 g/mol. The van der Waals surface area contributed by atoms with Gasteiger partial charge in [-0.3, -0.25) is 9.20 Å². The average molecular weight is 297 g/mol. The molecule has 0 bridgehead atoms. The standard InChI is InChI=1S/C16H15N3OS/c1-10-7-12-5-3-4-6-14(12)19(10)15(20)13-8-18-11(2)9-21-16(18)17-13/h3-6,8-10H,7H2,1-2H3. The molecule has 0 fully saturated rings. The Hall–Kier alpha value is -2.14. The van der Waals surface area contributed by atoms with Gasteiger partial charge < -0.3 is 4.90 Å². The molecule has 5 heteroatoms. The number of aryl methyl sites for hydroxylation is 1. The molecule has 1 aliphatic heterocycles. The minimum absolute atomic E-state index is 0.0113. The van der Waals surface area contributed by atoms with Crippen LogP contribution < -0.4 is 4.90 Å². The predicted molar refractivity (Wildman–Crippen MR) is 84.2 cm³/mol. The molecule has 1 amide bonds. The van der Waals surface area contributed by atoms with E-state index in [0.717, 1.165) is 22.8 Å². The highest BCUT2D eigenvalue weighted by molar-refractivity contribution is 7.15. The largest absolute Gasteiger partial charge is 0.304 e. The molecule has 4 nitrogen and oxygen atoms in total. The first-order valence-electron chi connectivity index (χ1n) is 7.00. The van der Waals surface area contributed by atoms with Crippen LogP contribution in [0.5, 0.6) is 0 Å². The molecule has 1 aliphatic rings. The van der Waals surface area contributed by atoms with Gasteiger partial charge in [0.05, 0.1) is 0 Å². The number of imidazole rings is 1. The molecule has 0 saturated carbocycles. The van der Waals surface area contributed by atoms with Crippen molar-refractivity contribution >= 4 is 27.9 Å². The summed E-state index contributed by atoms with van der Waals surface area (Å²) in [5.41, 5.74) is 3.88. The smallest absolute Gasteiger partial charge is 0.278 e. The van der Waals surface area contributed by atoms with E-state index in [2.05, 4.69) is 18.0 Å². The zero-order chi connectivity index (χ0) is 14.6. The van der Waals surface area contributed by atoms with Crippen LogP contribution in [0.1, 0.15) is 28.7 Å². The van der Waals surface area contributed by atoms with Gasteiger partial charge in [0.25, 0.3) is 5.91 Å². The van der Waals surface area contributed by atoms with Crippen molar-refractivity contribution in [2.24, 2.45) is 0 Å². The van der Waals surface area contributed by atoms with Crippen LogP contribution in [0.3, 0.4) is 0 Å². The van der Waals surface area contributed by atoms with E-state index in [-0.39, 0.29) is 11.9 Å². The topological polar surface area (TPSA) is 37.6 Å². The highest BCUT2D eigenvalue weighted by Gasteiger charge is 2.32. The molecule has 0 N–H and O–H groups in total. The van der Waals surface area contributed by atoms with Crippen molar-refractivity contribution in [1.29, 1.82) is 0 Å². The lowest BCUT2D eigenvalue weighted by molar-refractivity contribution is 0.0977. The number of carbonyl (C=O) groups excluding carboxylic acids is 1. The quantitative estimate of drug-likeness (QED) is 0.691. The second-order valence-electron chi connectivity index (χ2n) is 5.51. The van der Waals surface area contributed by atoms with Crippen LogP contribution in [0.25, 0.3) is 4.96 Å². The maximum atomic E-state index is 12.9. The number of aromatic nitrogens is 2. The number of fused-ring (bicyclic) bond motifs is 2. The van der Waals surface area contributed by atoms with E-state index in [4.69, 9.17) is 0 Å². The van der Waals surface area contributed by atoms with E-state index in [1.807, 2.05) is 46.0 Å². The Balaban J connectivity index is 1.77. The third-order valence-corrected chi connectivity index (χ3v) is 4.99. The molecule has 0 saturated heterocycles. The molecule has 3 heterocycles. The number of carbonyl (C=O) groups is 1. The summed E-state index contributed by atoms with van der Waals surface area (Å²) in [7, 11) is 0. The average Bonchev–Trinajstić information content (AvgIpc) is 3.12. The summed E-state index contributed by atoms with van der Waals surface area (Å²) in [5, 5.41) is 2.05. The first kappa shape index (κ1) is 12.6. The van der Waals surface area contributed by atoms with Gasteiger partial charge >= 0.3 is 0 Å². The van der Waals surface area contributed by atoms with E-state index in [0.29, 0.717) is 5.69 Å².